The summed E-state index contributed by atoms with van der Waals surface area (Å²) in [5, 5.41) is 2.53. The Balaban J connectivity index is 2.80. The molecular formula is C12H18FN3O3S2. The molecule has 0 saturated heterocycles. The predicted octanol–water partition coefficient (Wildman–Crippen LogP) is 1.22. The number of hydrogen-bond donors (Lipinski definition) is 3. The summed E-state index contributed by atoms with van der Waals surface area (Å²) in [6.45, 7) is 0. The van der Waals surface area contributed by atoms with E-state index in [4.69, 9.17) is 5.73 Å². The molecule has 1 rings (SSSR count). The van der Waals surface area contributed by atoms with Crippen LogP contribution in [0.4, 0.5) is 15.8 Å². The van der Waals surface area contributed by atoms with Gasteiger partial charge in [0.25, 0.3) is 0 Å². The minimum absolute atomic E-state index is 0.229. The van der Waals surface area contributed by atoms with Crippen molar-refractivity contribution >= 4 is 39.1 Å². The third-order valence-electron chi connectivity index (χ3n) is 2.50. The summed E-state index contributed by atoms with van der Waals surface area (Å²) in [6, 6.07) is 2.93. The normalized spacial score (nSPS) is 12.8. The Kier molecular flexibility index (Phi) is 6.43. The number of sulfonamides is 1. The largest absolute Gasteiger partial charge is 0.325 e. The van der Waals surface area contributed by atoms with Gasteiger partial charge < -0.3 is 11.1 Å². The first kappa shape index (κ1) is 17.7. The van der Waals surface area contributed by atoms with Gasteiger partial charge in [-0.1, -0.05) is 0 Å². The maximum atomic E-state index is 13.5. The monoisotopic (exact) mass is 335 g/mol. The van der Waals surface area contributed by atoms with E-state index in [1.807, 2.05) is 11.0 Å². The van der Waals surface area contributed by atoms with Gasteiger partial charge in [0, 0.05) is 5.69 Å². The fourth-order valence-electron chi connectivity index (χ4n) is 1.49. The molecule has 4 N–H and O–H groups in total. The van der Waals surface area contributed by atoms with Crippen LogP contribution < -0.4 is 15.8 Å². The van der Waals surface area contributed by atoms with Crippen LogP contribution in [0.25, 0.3) is 0 Å². The number of carbonyl (C=O) groups is 1. The van der Waals surface area contributed by atoms with Gasteiger partial charge in [-0.05, 0) is 36.6 Å². The maximum absolute atomic E-state index is 13.5. The number of benzene rings is 1. The Bertz CT molecular complexity index is 608. The van der Waals surface area contributed by atoms with Crippen molar-refractivity contribution in [3.8, 4) is 0 Å². The molecule has 118 valence electrons. The summed E-state index contributed by atoms with van der Waals surface area (Å²) in [4.78, 5) is 11.8. The van der Waals surface area contributed by atoms with Crippen molar-refractivity contribution in [1.29, 1.82) is 0 Å². The van der Waals surface area contributed by atoms with Gasteiger partial charge in [0.05, 0.1) is 18.0 Å². The fourth-order valence-corrected chi connectivity index (χ4v) is 2.54. The van der Waals surface area contributed by atoms with Crippen molar-refractivity contribution in [2.75, 3.05) is 28.3 Å². The molecule has 6 nitrogen and oxygen atoms in total. The summed E-state index contributed by atoms with van der Waals surface area (Å²) in [5.41, 5.74) is 5.75. The smallest absolute Gasteiger partial charge is 0.241 e. The highest BCUT2D eigenvalue weighted by atomic mass is 32.2. The van der Waals surface area contributed by atoms with Crippen LogP contribution in [0.2, 0.25) is 0 Å². The standard InChI is InChI=1S/C12H18FN3O3S2/c1-20-6-5-10(14)12(17)15-8-3-4-9(13)11(7-8)16-21(2,18)19/h3-4,7,10,16H,5-6,14H2,1-2H3,(H,15,17)/t10-/m1/s1. The van der Waals surface area contributed by atoms with Crippen molar-refractivity contribution < 1.29 is 17.6 Å². The van der Waals surface area contributed by atoms with Crippen molar-refractivity contribution in [2.24, 2.45) is 5.73 Å². The van der Waals surface area contributed by atoms with Crippen LogP contribution in [-0.2, 0) is 14.8 Å². The summed E-state index contributed by atoms with van der Waals surface area (Å²) < 4.78 is 37.8. The van der Waals surface area contributed by atoms with Crippen molar-refractivity contribution in [3.63, 3.8) is 0 Å². The lowest BCUT2D eigenvalue weighted by molar-refractivity contribution is -0.117. The topological polar surface area (TPSA) is 101 Å². The summed E-state index contributed by atoms with van der Waals surface area (Å²) in [5.74, 6) is -0.384. The average Bonchev–Trinajstić information content (AvgIpc) is 2.38. The van der Waals surface area contributed by atoms with Gasteiger partial charge in [0.15, 0.2) is 0 Å². The van der Waals surface area contributed by atoms with E-state index in [1.165, 1.54) is 12.1 Å². The second-order valence-corrected chi connectivity index (χ2v) is 7.18. The number of hydrogen-bond acceptors (Lipinski definition) is 5. The molecule has 1 amide bonds. The molecule has 0 radical (unpaired) electrons. The van der Waals surface area contributed by atoms with Crippen LogP contribution in [0, 0.1) is 5.82 Å². The summed E-state index contributed by atoms with van der Waals surface area (Å²) in [7, 11) is -3.60. The fraction of sp³-hybridized carbons (Fsp3) is 0.417. The van der Waals surface area contributed by atoms with Gasteiger partial charge in [-0.15, -0.1) is 0 Å². The number of rotatable bonds is 7. The van der Waals surface area contributed by atoms with Crippen molar-refractivity contribution in [3.05, 3.63) is 24.0 Å². The number of carbonyl (C=O) groups excluding carboxylic acids is 1. The Morgan fingerprint density at radius 3 is 2.71 bits per heavy atom. The van der Waals surface area contributed by atoms with Crippen LogP contribution in [0.5, 0.6) is 0 Å². The van der Waals surface area contributed by atoms with Gasteiger partial charge in [-0.3, -0.25) is 9.52 Å². The highest BCUT2D eigenvalue weighted by Gasteiger charge is 2.14. The number of amides is 1. The van der Waals surface area contributed by atoms with Gasteiger partial charge in [0.1, 0.15) is 5.82 Å². The minimum Gasteiger partial charge on any atom is -0.325 e. The molecule has 0 saturated carbocycles. The Morgan fingerprint density at radius 1 is 1.48 bits per heavy atom. The van der Waals surface area contributed by atoms with E-state index in [2.05, 4.69) is 5.32 Å². The number of nitrogens with one attached hydrogen (secondary N) is 2. The molecule has 1 aromatic rings. The molecule has 0 aliphatic heterocycles. The van der Waals surface area contributed by atoms with Crippen molar-refractivity contribution in [1.82, 2.24) is 0 Å². The van der Waals surface area contributed by atoms with Gasteiger partial charge >= 0.3 is 0 Å². The van der Waals surface area contributed by atoms with E-state index in [9.17, 15) is 17.6 Å². The maximum Gasteiger partial charge on any atom is 0.241 e. The Morgan fingerprint density at radius 2 is 2.14 bits per heavy atom. The van der Waals surface area contributed by atoms with Crippen LogP contribution in [-0.4, -0.2) is 38.6 Å². The number of nitrogens with two attached hydrogens (primary N) is 1. The molecule has 21 heavy (non-hydrogen) atoms. The molecule has 0 aliphatic carbocycles. The molecule has 0 aromatic heterocycles. The lowest BCUT2D eigenvalue weighted by Gasteiger charge is -2.13. The summed E-state index contributed by atoms with van der Waals surface area (Å²) in [6.07, 6.45) is 3.34. The zero-order valence-corrected chi connectivity index (χ0v) is 13.4. The minimum atomic E-state index is -3.60. The van der Waals surface area contributed by atoms with E-state index < -0.39 is 27.8 Å². The van der Waals surface area contributed by atoms with E-state index in [-0.39, 0.29) is 11.4 Å². The molecular weight excluding hydrogens is 317 g/mol. The number of thioether (sulfide) groups is 1. The van der Waals surface area contributed by atoms with E-state index >= 15 is 0 Å². The Labute approximate surface area is 127 Å². The van der Waals surface area contributed by atoms with Crippen LogP contribution in [0.15, 0.2) is 18.2 Å². The lowest BCUT2D eigenvalue weighted by atomic mass is 10.2. The van der Waals surface area contributed by atoms with Crippen LogP contribution in [0.3, 0.4) is 0 Å². The highest BCUT2D eigenvalue weighted by Crippen LogP contribution is 2.20. The lowest BCUT2D eigenvalue weighted by Crippen LogP contribution is -2.36. The van der Waals surface area contributed by atoms with E-state index in [0.29, 0.717) is 6.42 Å². The van der Waals surface area contributed by atoms with Gasteiger partial charge in [-0.2, -0.15) is 11.8 Å². The third kappa shape index (κ3) is 6.32. The second kappa shape index (κ2) is 7.62. The molecule has 9 heteroatoms. The average molecular weight is 335 g/mol. The predicted molar refractivity (Wildman–Crippen MR) is 84.5 cm³/mol. The molecule has 1 aromatic carbocycles. The molecule has 1 atom stereocenters. The number of halogens is 1. The third-order valence-corrected chi connectivity index (χ3v) is 3.73. The quantitative estimate of drug-likeness (QED) is 0.695. The molecule has 0 unspecified atom stereocenters. The molecule has 0 heterocycles. The molecule has 0 fully saturated rings. The van der Waals surface area contributed by atoms with Crippen LogP contribution >= 0.6 is 11.8 Å². The Hall–Kier alpha value is -1.32. The molecule has 0 spiro atoms. The molecule has 0 aliphatic rings. The first-order chi connectivity index (χ1) is 9.73. The molecule has 0 bridgehead atoms. The second-order valence-electron chi connectivity index (χ2n) is 4.45. The summed E-state index contributed by atoms with van der Waals surface area (Å²) >= 11 is 1.58. The van der Waals surface area contributed by atoms with Gasteiger partial charge in [0.2, 0.25) is 15.9 Å². The van der Waals surface area contributed by atoms with Crippen molar-refractivity contribution in [2.45, 2.75) is 12.5 Å². The first-order valence-electron chi connectivity index (χ1n) is 6.05. The van der Waals surface area contributed by atoms with Crippen LogP contribution in [0.1, 0.15) is 6.42 Å². The first-order valence-corrected chi connectivity index (χ1v) is 9.34. The van der Waals surface area contributed by atoms with E-state index in [1.54, 1.807) is 11.8 Å². The van der Waals surface area contributed by atoms with Gasteiger partial charge in [-0.25, -0.2) is 12.8 Å². The highest BCUT2D eigenvalue weighted by molar-refractivity contribution is 7.98. The van der Waals surface area contributed by atoms with E-state index in [0.717, 1.165) is 18.1 Å². The number of anilines is 2. The zero-order valence-electron chi connectivity index (χ0n) is 11.7. The SMILES string of the molecule is CSCC[C@@H](N)C(=O)Nc1ccc(F)c(NS(C)(=O)=O)c1. The zero-order chi connectivity index (χ0) is 16.0.